The zero-order valence-electron chi connectivity index (χ0n) is 13.6. The molecule has 0 bridgehead atoms. The maximum atomic E-state index is 12.6. The van der Waals surface area contributed by atoms with Gasteiger partial charge < -0.3 is 9.73 Å². The molecule has 1 heterocycles. The van der Waals surface area contributed by atoms with Crippen molar-refractivity contribution in [3.8, 4) is 0 Å². The van der Waals surface area contributed by atoms with E-state index < -0.39 is 11.0 Å². The number of non-ortho nitro benzene ring substituents is 1. The van der Waals surface area contributed by atoms with Crippen molar-refractivity contribution in [2.45, 2.75) is 12.5 Å². The van der Waals surface area contributed by atoms with Gasteiger partial charge >= 0.3 is 0 Å². The largest absolute Gasteiger partial charge is 0.467 e. The molecule has 1 atom stereocenters. The first-order chi connectivity index (χ1) is 12.5. The first kappa shape index (κ1) is 17.7. The number of nitro groups is 1. The van der Waals surface area contributed by atoms with Crippen LogP contribution in [0.4, 0.5) is 11.4 Å². The lowest BCUT2D eigenvalue weighted by molar-refractivity contribution is -0.384. The Bertz CT molecular complexity index is 890. The van der Waals surface area contributed by atoms with E-state index in [4.69, 9.17) is 16.0 Å². The van der Waals surface area contributed by atoms with Gasteiger partial charge in [-0.05, 0) is 48.5 Å². The lowest BCUT2D eigenvalue weighted by Gasteiger charge is -2.17. The Hall–Kier alpha value is -3.12. The normalized spacial score (nSPS) is 11.7. The minimum Gasteiger partial charge on any atom is -0.467 e. The lowest BCUT2D eigenvalue weighted by atomic mass is 10.0. The summed E-state index contributed by atoms with van der Waals surface area (Å²) in [6.45, 7) is 0. The maximum absolute atomic E-state index is 12.6. The van der Waals surface area contributed by atoms with Crippen LogP contribution in [0.3, 0.4) is 0 Å². The Morgan fingerprint density at radius 2 is 1.81 bits per heavy atom. The molecule has 3 rings (SSSR count). The van der Waals surface area contributed by atoms with E-state index in [2.05, 4.69) is 5.32 Å². The second-order valence-electron chi connectivity index (χ2n) is 5.65. The molecule has 0 aliphatic carbocycles. The molecule has 0 spiro atoms. The Labute approximate surface area is 154 Å². The van der Waals surface area contributed by atoms with Crippen molar-refractivity contribution in [2.75, 3.05) is 5.32 Å². The number of carbonyl (C=O) groups excluding carboxylic acids is 1. The monoisotopic (exact) mass is 370 g/mol. The summed E-state index contributed by atoms with van der Waals surface area (Å²) in [5, 5.41) is 14.5. The third-order valence-corrected chi connectivity index (χ3v) is 4.11. The van der Waals surface area contributed by atoms with Gasteiger partial charge in [-0.1, -0.05) is 11.6 Å². The Morgan fingerprint density at radius 3 is 2.38 bits per heavy atom. The van der Waals surface area contributed by atoms with Crippen LogP contribution in [0.5, 0.6) is 0 Å². The second kappa shape index (κ2) is 7.84. The Morgan fingerprint density at radius 1 is 1.12 bits per heavy atom. The average molecular weight is 371 g/mol. The van der Waals surface area contributed by atoms with E-state index in [0.29, 0.717) is 22.0 Å². The number of rotatable bonds is 7. The Kier molecular flexibility index (Phi) is 5.34. The van der Waals surface area contributed by atoms with Gasteiger partial charge in [0.1, 0.15) is 5.76 Å². The number of anilines is 1. The number of hydrogen-bond donors (Lipinski definition) is 1. The number of hydrogen-bond acceptors (Lipinski definition) is 5. The number of benzene rings is 2. The zero-order valence-corrected chi connectivity index (χ0v) is 14.3. The topological polar surface area (TPSA) is 85.4 Å². The highest BCUT2D eigenvalue weighted by Crippen LogP contribution is 2.26. The fraction of sp³-hybridized carbons (Fsp3) is 0.105. The molecule has 1 unspecified atom stereocenters. The van der Waals surface area contributed by atoms with Crippen molar-refractivity contribution >= 4 is 28.8 Å². The molecule has 2 aromatic carbocycles. The number of halogens is 1. The summed E-state index contributed by atoms with van der Waals surface area (Å²) in [5.41, 5.74) is 1.21. The van der Waals surface area contributed by atoms with Crippen LogP contribution in [0.15, 0.2) is 71.3 Å². The summed E-state index contributed by atoms with van der Waals surface area (Å²) in [4.78, 5) is 22.9. The number of nitro benzene ring substituents is 1. The van der Waals surface area contributed by atoms with E-state index >= 15 is 0 Å². The van der Waals surface area contributed by atoms with Crippen LogP contribution < -0.4 is 5.32 Å². The molecule has 6 nitrogen and oxygen atoms in total. The Balaban J connectivity index is 1.78. The predicted octanol–water partition coefficient (Wildman–Crippen LogP) is 5.27. The lowest BCUT2D eigenvalue weighted by Crippen LogP contribution is -2.15. The van der Waals surface area contributed by atoms with Crippen LogP contribution in [0.2, 0.25) is 5.02 Å². The predicted molar refractivity (Wildman–Crippen MR) is 98.6 cm³/mol. The summed E-state index contributed by atoms with van der Waals surface area (Å²) in [6, 6.07) is 15.8. The standard InChI is InChI=1S/C19H15ClN2O4/c20-14-5-3-13(4-6-14)18(23)12-17(19-2-1-11-26-19)21-15-7-9-16(10-8-15)22(24)25/h1-11,17,21H,12H2. The van der Waals surface area contributed by atoms with E-state index in [1.54, 1.807) is 48.5 Å². The molecule has 0 aliphatic rings. The van der Waals surface area contributed by atoms with Crippen molar-refractivity contribution in [2.24, 2.45) is 0 Å². The summed E-state index contributed by atoms with van der Waals surface area (Å²) >= 11 is 5.86. The molecule has 0 radical (unpaired) electrons. The molecule has 26 heavy (non-hydrogen) atoms. The van der Waals surface area contributed by atoms with Crippen molar-refractivity contribution in [1.82, 2.24) is 0 Å². The number of carbonyl (C=O) groups is 1. The molecule has 0 aliphatic heterocycles. The molecule has 132 valence electrons. The van der Waals surface area contributed by atoms with Gasteiger partial charge in [0.25, 0.3) is 5.69 Å². The molecular formula is C19H15ClN2O4. The van der Waals surface area contributed by atoms with Gasteiger partial charge in [-0.15, -0.1) is 0 Å². The number of nitrogens with one attached hydrogen (secondary N) is 1. The van der Waals surface area contributed by atoms with Gasteiger partial charge in [0.05, 0.1) is 17.2 Å². The number of ketones is 1. The number of nitrogens with zero attached hydrogens (tertiary/aromatic N) is 1. The van der Waals surface area contributed by atoms with E-state index in [-0.39, 0.29) is 17.9 Å². The summed E-state index contributed by atoms with van der Waals surface area (Å²) in [5.74, 6) is 0.531. The molecule has 7 heteroatoms. The first-order valence-corrected chi connectivity index (χ1v) is 8.24. The van der Waals surface area contributed by atoms with Crippen molar-refractivity contribution in [3.05, 3.63) is 93.4 Å². The van der Waals surface area contributed by atoms with E-state index in [1.807, 2.05) is 0 Å². The van der Waals surface area contributed by atoms with Gasteiger partial charge in [0, 0.05) is 34.8 Å². The molecule has 0 amide bonds. The highest BCUT2D eigenvalue weighted by Gasteiger charge is 2.20. The number of Topliss-reactive ketones (excluding diaryl/α,β-unsaturated/α-hetero) is 1. The molecule has 0 saturated carbocycles. The third kappa shape index (κ3) is 4.29. The highest BCUT2D eigenvalue weighted by atomic mass is 35.5. The average Bonchev–Trinajstić information content (AvgIpc) is 3.16. The fourth-order valence-electron chi connectivity index (χ4n) is 2.53. The van der Waals surface area contributed by atoms with Crippen LogP contribution in [0.1, 0.15) is 28.6 Å². The highest BCUT2D eigenvalue weighted by molar-refractivity contribution is 6.30. The first-order valence-electron chi connectivity index (χ1n) is 7.86. The van der Waals surface area contributed by atoms with Crippen LogP contribution in [-0.2, 0) is 0 Å². The van der Waals surface area contributed by atoms with Gasteiger partial charge in [0.15, 0.2) is 5.78 Å². The summed E-state index contributed by atoms with van der Waals surface area (Å²) in [6.07, 6.45) is 1.69. The van der Waals surface area contributed by atoms with Crippen molar-refractivity contribution in [3.63, 3.8) is 0 Å². The molecular weight excluding hydrogens is 356 g/mol. The van der Waals surface area contributed by atoms with Gasteiger partial charge in [-0.3, -0.25) is 14.9 Å². The maximum Gasteiger partial charge on any atom is 0.269 e. The van der Waals surface area contributed by atoms with Gasteiger partial charge in [-0.2, -0.15) is 0 Å². The van der Waals surface area contributed by atoms with Crippen LogP contribution in [0.25, 0.3) is 0 Å². The minimum atomic E-state index is -0.460. The molecule has 0 saturated heterocycles. The van der Waals surface area contributed by atoms with Gasteiger partial charge in [-0.25, -0.2) is 0 Å². The molecule has 3 aromatic rings. The van der Waals surface area contributed by atoms with Crippen molar-refractivity contribution < 1.29 is 14.1 Å². The fourth-order valence-corrected chi connectivity index (χ4v) is 2.66. The smallest absolute Gasteiger partial charge is 0.269 e. The van der Waals surface area contributed by atoms with E-state index in [1.165, 1.54) is 18.4 Å². The molecule has 1 N–H and O–H groups in total. The van der Waals surface area contributed by atoms with Gasteiger partial charge in [0.2, 0.25) is 0 Å². The van der Waals surface area contributed by atoms with Crippen LogP contribution in [0, 0.1) is 10.1 Å². The summed E-state index contributed by atoms with van der Waals surface area (Å²) < 4.78 is 5.44. The van der Waals surface area contributed by atoms with Crippen LogP contribution >= 0.6 is 11.6 Å². The minimum absolute atomic E-state index is 0.00217. The molecule has 1 aromatic heterocycles. The SMILES string of the molecule is O=C(CC(Nc1ccc([N+](=O)[O-])cc1)c1ccco1)c1ccc(Cl)cc1. The second-order valence-corrected chi connectivity index (χ2v) is 6.09. The summed E-state index contributed by atoms with van der Waals surface area (Å²) in [7, 11) is 0. The van der Waals surface area contributed by atoms with Crippen molar-refractivity contribution in [1.29, 1.82) is 0 Å². The quantitative estimate of drug-likeness (QED) is 0.348. The van der Waals surface area contributed by atoms with E-state index in [0.717, 1.165) is 0 Å². The number of furan rings is 1. The zero-order chi connectivity index (χ0) is 18.5. The van der Waals surface area contributed by atoms with E-state index in [9.17, 15) is 14.9 Å². The van der Waals surface area contributed by atoms with Crippen LogP contribution in [-0.4, -0.2) is 10.7 Å². The third-order valence-electron chi connectivity index (χ3n) is 3.86. The molecule has 0 fully saturated rings.